The Bertz CT molecular complexity index is 397. The monoisotopic (exact) mass is 216 g/mol. The minimum Gasteiger partial charge on any atom is -0.474 e. The molecule has 1 aromatic rings. The molecule has 2 unspecified atom stereocenters. The van der Waals surface area contributed by atoms with Crippen LogP contribution in [0.3, 0.4) is 0 Å². The highest BCUT2D eigenvalue weighted by Crippen LogP contribution is 2.27. The fourth-order valence-electron chi connectivity index (χ4n) is 2.16. The van der Waals surface area contributed by atoms with Gasteiger partial charge in [0.25, 0.3) is 0 Å². The second-order valence-corrected chi connectivity index (χ2v) is 4.41. The van der Waals surface area contributed by atoms with Crippen molar-refractivity contribution in [3.8, 4) is 11.9 Å². The number of nitriles is 1. The average Bonchev–Trinajstić information content (AvgIpc) is 2.32. The van der Waals surface area contributed by atoms with E-state index < -0.39 is 0 Å². The molecule has 1 saturated carbocycles. The van der Waals surface area contributed by atoms with Gasteiger partial charge < -0.3 is 4.74 Å². The van der Waals surface area contributed by atoms with Crippen molar-refractivity contribution in [3.63, 3.8) is 0 Å². The van der Waals surface area contributed by atoms with Crippen LogP contribution in [0.1, 0.15) is 38.2 Å². The molecule has 0 aliphatic heterocycles. The molecule has 0 spiro atoms. The molecular weight excluding hydrogens is 200 g/mol. The van der Waals surface area contributed by atoms with Crippen LogP contribution < -0.4 is 4.74 Å². The lowest BCUT2D eigenvalue weighted by Gasteiger charge is -2.28. The molecule has 16 heavy (non-hydrogen) atoms. The molecule has 1 heterocycles. The van der Waals surface area contributed by atoms with E-state index in [1.807, 2.05) is 0 Å². The maximum absolute atomic E-state index is 8.79. The lowest BCUT2D eigenvalue weighted by atomic mass is 9.88. The number of pyridine rings is 1. The molecule has 84 valence electrons. The Labute approximate surface area is 96.1 Å². The van der Waals surface area contributed by atoms with E-state index in [1.54, 1.807) is 18.3 Å². The van der Waals surface area contributed by atoms with Crippen LogP contribution >= 0.6 is 0 Å². The highest BCUT2D eigenvalue weighted by Gasteiger charge is 2.23. The first-order chi connectivity index (χ1) is 7.79. The summed E-state index contributed by atoms with van der Waals surface area (Å²) >= 11 is 0. The topological polar surface area (TPSA) is 45.9 Å². The van der Waals surface area contributed by atoms with Crippen molar-refractivity contribution in [2.45, 2.75) is 38.7 Å². The summed E-state index contributed by atoms with van der Waals surface area (Å²) in [7, 11) is 0. The summed E-state index contributed by atoms with van der Waals surface area (Å²) < 4.78 is 5.85. The summed E-state index contributed by atoms with van der Waals surface area (Å²) in [6, 6.07) is 5.50. The van der Waals surface area contributed by atoms with Crippen molar-refractivity contribution in [2.24, 2.45) is 5.92 Å². The molecular formula is C13H16N2O. The number of rotatable bonds is 2. The van der Waals surface area contributed by atoms with Gasteiger partial charge in [-0.1, -0.05) is 13.3 Å². The van der Waals surface area contributed by atoms with Crippen molar-refractivity contribution in [1.29, 1.82) is 5.26 Å². The van der Waals surface area contributed by atoms with Gasteiger partial charge in [0.15, 0.2) is 0 Å². The first kappa shape index (κ1) is 10.9. The fraction of sp³-hybridized carbons (Fsp3) is 0.538. The van der Waals surface area contributed by atoms with E-state index in [-0.39, 0.29) is 6.10 Å². The quantitative estimate of drug-likeness (QED) is 0.763. The van der Waals surface area contributed by atoms with Crippen molar-refractivity contribution >= 4 is 0 Å². The second-order valence-electron chi connectivity index (χ2n) is 4.41. The molecule has 1 aliphatic carbocycles. The zero-order valence-electron chi connectivity index (χ0n) is 9.52. The predicted molar refractivity (Wildman–Crippen MR) is 61.0 cm³/mol. The Balaban J connectivity index is 2.05. The Hall–Kier alpha value is -1.56. The first-order valence-corrected chi connectivity index (χ1v) is 5.82. The van der Waals surface area contributed by atoms with E-state index in [0.717, 1.165) is 6.42 Å². The van der Waals surface area contributed by atoms with Crippen LogP contribution in [-0.4, -0.2) is 11.1 Å². The van der Waals surface area contributed by atoms with Gasteiger partial charge in [-0.3, -0.25) is 0 Å². The van der Waals surface area contributed by atoms with Crippen LogP contribution in [0.4, 0.5) is 0 Å². The average molecular weight is 216 g/mol. The van der Waals surface area contributed by atoms with Gasteiger partial charge in [0.2, 0.25) is 5.88 Å². The van der Waals surface area contributed by atoms with E-state index in [2.05, 4.69) is 18.0 Å². The van der Waals surface area contributed by atoms with Gasteiger partial charge in [-0.2, -0.15) is 5.26 Å². The van der Waals surface area contributed by atoms with Gasteiger partial charge in [0.05, 0.1) is 11.6 Å². The minimum absolute atomic E-state index is 0.259. The zero-order valence-corrected chi connectivity index (χ0v) is 9.52. The molecule has 0 aromatic carbocycles. The summed E-state index contributed by atoms with van der Waals surface area (Å²) in [6.45, 7) is 2.22. The Morgan fingerprint density at radius 3 is 3.00 bits per heavy atom. The number of hydrogen-bond acceptors (Lipinski definition) is 3. The SMILES string of the molecule is CC1CCCCC1Oc1cc(C#N)ccn1. The van der Waals surface area contributed by atoms with Gasteiger partial charge in [0, 0.05) is 12.3 Å². The Kier molecular flexibility index (Phi) is 3.40. The molecule has 0 N–H and O–H groups in total. The molecule has 3 nitrogen and oxygen atoms in total. The summed E-state index contributed by atoms with van der Waals surface area (Å²) in [5.74, 6) is 1.17. The van der Waals surface area contributed by atoms with Crippen LogP contribution in [0.15, 0.2) is 18.3 Å². The van der Waals surface area contributed by atoms with E-state index in [0.29, 0.717) is 17.4 Å². The van der Waals surface area contributed by atoms with Gasteiger partial charge >= 0.3 is 0 Å². The van der Waals surface area contributed by atoms with Crippen molar-refractivity contribution in [2.75, 3.05) is 0 Å². The van der Waals surface area contributed by atoms with Crippen LogP contribution in [0.25, 0.3) is 0 Å². The predicted octanol–water partition coefficient (Wildman–Crippen LogP) is 2.91. The summed E-state index contributed by atoms with van der Waals surface area (Å²) in [4.78, 5) is 4.14. The lowest BCUT2D eigenvalue weighted by molar-refractivity contribution is 0.0976. The smallest absolute Gasteiger partial charge is 0.214 e. The lowest BCUT2D eigenvalue weighted by Crippen LogP contribution is -2.28. The standard InChI is InChI=1S/C13H16N2O/c1-10-4-2-3-5-12(10)16-13-8-11(9-14)6-7-15-13/h6-8,10,12H,2-5H2,1H3. The van der Waals surface area contributed by atoms with Crippen LogP contribution in [0.2, 0.25) is 0 Å². The van der Waals surface area contributed by atoms with Crippen LogP contribution in [0, 0.1) is 17.2 Å². The molecule has 0 saturated heterocycles. The summed E-state index contributed by atoms with van der Waals surface area (Å²) in [5, 5.41) is 8.79. The second kappa shape index (κ2) is 4.98. The molecule has 0 bridgehead atoms. The molecule has 2 rings (SSSR count). The Morgan fingerprint density at radius 2 is 2.25 bits per heavy atom. The van der Waals surface area contributed by atoms with Crippen LogP contribution in [0.5, 0.6) is 5.88 Å². The number of nitrogens with zero attached hydrogens (tertiary/aromatic N) is 2. The third-order valence-corrected chi connectivity index (χ3v) is 3.17. The highest BCUT2D eigenvalue weighted by atomic mass is 16.5. The molecule has 1 aliphatic rings. The third-order valence-electron chi connectivity index (χ3n) is 3.17. The van der Waals surface area contributed by atoms with E-state index in [1.165, 1.54) is 19.3 Å². The first-order valence-electron chi connectivity index (χ1n) is 5.82. The molecule has 2 atom stereocenters. The highest BCUT2D eigenvalue weighted by molar-refractivity contribution is 5.31. The Morgan fingerprint density at radius 1 is 1.44 bits per heavy atom. The molecule has 1 aromatic heterocycles. The number of hydrogen-bond donors (Lipinski definition) is 0. The van der Waals surface area contributed by atoms with Crippen LogP contribution in [-0.2, 0) is 0 Å². The maximum atomic E-state index is 8.79. The van der Waals surface area contributed by atoms with E-state index >= 15 is 0 Å². The van der Waals surface area contributed by atoms with E-state index in [4.69, 9.17) is 10.00 Å². The molecule has 1 fully saturated rings. The minimum atomic E-state index is 0.259. The van der Waals surface area contributed by atoms with Crippen molar-refractivity contribution in [1.82, 2.24) is 4.98 Å². The fourth-order valence-corrected chi connectivity index (χ4v) is 2.16. The van der Waals surface area contributed by atoms with Gasteiger partial charge in [0.1, 0.15) is 6.10 Å². The summed E-state index contributed by atoms with van der Waals surface area (Å²) in [6.07, 6.45) is 6.73. The third kappa shape index (κ3) is 2.52. The van der Waals surface area contributed by atoms with Gasteiger partial charge in [-0.15, -0.1) is 0 Å². The largest absolute Gasteiger partial charge is 0.474 e. The van der Waals surface area contributed by atoms with E-state index in [9.17, 15) is 0 Å². The summed E-state index contributed by atoms with van der Waals surface area (Å²) in [5.41, 5.74) is 0.605. The zero-order chi connectivity index (χ0) is 11.4. The number of aromatic nitrogens is 1. The van der Waals surface area contributed by atoms with Crippen molar-refractivity contribution in [3.05, 3.63) is 23.9 Å². The van der Waals surface area contributed by atoms with Crippen molar-refractivity contribution < 1.29 is 4.74 Å². The molecule has 0 radical (unpaired) electrons. The number of ether oxygens (including phenoxy) is 1. The molecule has 0 amide bonds. The van der Waals surface area contributed by atoms with Gasteiger partial charge in [-0.05, 0) is 31.2 Å². The molecule has 3 heteroatoms. The normalized spacial score (nSPS) is 24.8. The maximum Gasteiger partial charge on any atom is 0.214 e. The van der Waals surface area contributed by atoms with Gasteiger partial charge in [-0.25, -0.2) is 4.98 Å².